The van der Waals surface area contributed by atoms with Gasteiger partial charge in [0.25, 0.3) is 5.91 Å². The Balaban J connectivity index is 1.59. The number of carbonyl (C=O) groups excluding carboxylic acids is 1. The Morgan fingerprint density at radius 2 is 1.54 bits per heavy atom. The molecule has 7 nitrogen and oxygen atoms in total. The summed E-state index contributed by atoms with van der Waals surface area (Å²) in [5.41, 5.74) is 1.23. The molecule has 14 heteroatoms. The van der Waals surface area contributed by atoms with E-state index in [1.54, 1.807) is 24.3 Å². The largest absolute Gasteiger partial charge is 0.416 e. The standard InChI is InChI=1S/C27H25Cl2F4N3O4S/c1-41(39,40)36(22-11-18(10-21(30)12-22)26(38)34-13-24(37)27(31,32)33)23-14-35(15-23)25(16-2-6-19(28)7-3-16)17-4-8-20(29)9-5-17/h2-12,23-25,37H,13-15H2,1H3,(H,34,38). The fourth-order valence-corrected chi connectivity index (χ4v) is 6.08. The topological polar surface area (TPSA) is 90.0 Å². The van der Waals surface area contributed by atoms with Crippen LogP contribution in [0.2, 0.25) is 10.0 Å². The monoisotopic (exact) mass is 633 g/mol. The molecule has 0 aromatic heterocycles. The summed E-state index contributed by atoms with van der Waals surface area (Å²) in [7, 11) is -3.99. The summed E-state index contributed by atoms with van der Waals surface area (Å²) < 4.78 is 79.1. The lowest BCUT2D eigenvalue weighted by Crippen LogP contribution is -2.61. The summed E-state index contributed by atoms with van der Waals surface area (Å²) in [4.78, 5) is 14.5. The zero-order chi connectivity index (χ0) is 30.1. The normalized spacial score (nSPS) is 15.4. The predicted octanol–water partition coefficient (Wildman–Crippen LogP) is 5.03. The molecule has 0 spiro atoms. The van der Waals surface area contributed by atoms with Gasteiger partial charge in [-0.1, -0.05) is 47.5 Å². The second-order valence-corrected chi connectivity index (χ2v) is 12.4. The van der Waals surface area contributed by atoms with E-state index in [4.69, 9.17) is 28.3 Å². The first-order valence-electron chi connectivity index (χ1n) is 12.2. The van der Waals surface area contributed by atoms with Gasteiger partial charge in [-0.3, -0.25) is 14.0 Å². The number of benzene rings is 3. The molecule has 1 aliphatic heterocycles. The van der Waals surface area contributed by atoms with Crippen LogP contribution in [-0.4, -0.2) is 68.5 Å². The number of alkyl halides is 3. The highest BCUT2D eigenvalue weighted by Gasteiger charge is 2.41. The van der Waals surface area contributed by atoms with Crippen LogP contribution in [0.15, 0.2) is 66.7 Å². The minimum Gasteiger partial charge on any atom is -0.382 e. The lowest BCUT2D eigenvalue weighted by Gasteiger charge is -2.48. The van der Waals surface area contributed by atoms with Gasteiger partial charge in [-0.2, -0.15) is 13.2 Å². The van der Waals surface area contributed by atoms with Crippen LogP contribution < -0.4 is 9.62 Å². The average Bonchev–Trinajstić information content (AvgIpc) is 2.85. The zero-order valence-corrected chi connectivity index (χ0v) is 23.8. The van der Waals surface area contributed by atoms with Crippen LogP contribution in [0.3, 0.4) is 0 Å². The number of halogens is 6. The molecule has 1 amide bonds. The van der Waals surface area contributed by atoms with Gasteiger partial charge in [-0.25, -0.2) is 12.8 Å². The van der Waals surface area contributed by atoms with Gasteiger partial charge in [0.15, 0.2) is 6.10 Å². The van der Waals surface area contributed by atoms with Crippen LogP contribution in [0.4, 0.5) is 23.2 Å². The van der Waals surface area contributed by atoms with E-state index in [1.807, 2.05) is 34.5 Å². The first-order valence-corrected chi connectivity index (χ1v) is 14.8. The highest BCUT2D eigenvalue weighted by molar-refractivity contribution is 7.92. The number of nitrogens with zero attached hydrogens (tertiary/aromatic N) is 2. The lowest BCUT2D eigenvalue weighted by molar-refractivity contribution is -0.201. The van der Waals surface area contributed by atoms with E-state index in [2.05, 4.69) is 0 Å². The van der Waals surface area contributed by atoms with E-state index in [0.29, 0.717) is 10.0 Å². The highest BCUT2D eigenvalue weighted by atomic mass is 35.5. The fraction of sp³-hybridized carbons (Fsp3) is 0.296. The van der Waals surface area contributed by atoms with Gasteiger partial charge in [-0.15, -0.1) is 0 Å². The Morgan fingerprint density at radius 3 is 2.00 bits per heavy atom. The van der Waals surface area contributed by atoms with Crippen molar-refractivity contribution in [1.29, 1.82) is 0 Å². The smallest absolute Gasteiger partial charge is 0.382 e. The van der Waals surface area contributed by atoms with E-state index >= 15 is 0 Å². The van der Waals surface area contributed by atoms with Crippen LogP contribution in [0, 0.1) is 5.82 Å². The van der Waals surface area contributed by atoms with Crippen molar-refractivity contribution in [3.8, 4) is 0 Å². The van der Waals surface area contributed by atoms with Crippen LogP contribution in [-0.2, 0) is 10.0 Å². The lowest BCUT2D eigenvalue weighted by atomic mass is 9.93. The van der Waals surface area contributed by atoms with E-state index in [9.17, 15) is 30.8 Å². The van der Waals surface area contributed by atoms with Gasteiger partial charge in [0.05, 0.1) is 30.6 Å². The number of amides is 1. The van der Waals surface area contributed by atoms with Crippen molar-refractivity contribution in [1.82, 2.24) is 10.2 Å². The Hall–Kier alpha value is -2.90. The molecule has 4 rings (SSSR count). The minimum absolute atomic E-state index is 0.159. The minimum atomic E-state index is -4.96. The maximum absolute atomic E-state index is 14.6. The third-order valence-electron chi connectivity index (χ3n) is 6.55. The molecule has 3 aromatic carbocycles. The van der Waals surface area contributed by atoms with Gasteiger partial charge < -0.3 is 10.4 Å². The van der Waals surface area contributed by atoms with Crippen molar-refractivity contribution in [3.63, 3.8) is 0 Å². The molecule has 1 fully saturated rings. The molecule has 1 atom stereocenters. The molecule has 1 aliphatic rings. The Labute approximate surface area is 244 Å². The van der Waals surface area contributed by atoms with Crippen molar-refractivity contribution in [2.24, 2.45) is 0 Å². The third kappa shape index (κ3) is 7.49. The molecule has 0 bridgehead atoms. The second kappa shape index (κ2) is 12.1. The SMILES string of the molecule is CS(=O)(=O)N(c1cc(F)cc(C(=O)NCC(O)C(F)(F)F)c1)C1CN(C(c2ccc(Cl)cc2)c2ccc(Cl)cc2)C1. The number of rotatable bonds is 9. The van der Waals surface area contributed by atoms with Crippen molar-refractivity contribution in [3.05, 3.63) is 99.3 Å². The van der Waals surface area contributed by atoms with E-state index in [0.717, 1.165) is 39.9 Å². The van der Waals surface area contributed by atoms with E-state index in [-0.39, 0.29) is 24.8 Å². The van der Waals surface area contributed by atoms with Gasteiger partial charge in [-0.05, 0) is 53.6 Å². The summed E-state index contributed by atoms with van der Waals surface area (Å²) in [6, 6.07) is 16.3. The maximum atomic E-state index is 14.6. The fourth-order valence-electron chi connectivity index (χ4n) is 4.66. The predicted molar refractivity (Wildman–Crippen MR) is 148 cm³/mol. The average molecular weight is 634 g/mol. The number of anilines is 1. The Kier molecular flexibility index (Phi) is 9.19. The molecule has 0 radical (unpaired) electrons. The molecule has 1 saturated heterocycles. The summed E-state index contributed by atoms with van der Waals surface area (Å²) in [6.45, 7) is -0.685. The number of aliphatic hydroxyl groups excluding tert-OH is 1. The molecule has 2 N–H and O–H groups in total. The summed E-state index contributed by atoms with van der Waals surface area (Å²) in [5, 5.41) is 12.1. The van der Waals surface area contributed by atoms with Crippen LogP contribution in [0.5, 0.6) is 0 Å². The van der Waals surface area contributed by atoms with Crippen molar-refractivity contribution < 1.29 is 35.9 Å². The zero-order valence-electron chi connectivity index (χ0n) is 21.4. The summed E-state index contributed by atoms with van der Waals surface area (Å²) in [5.74, 6) is -2.07. The molecule has 0 saturated carbocycles. The van der Waals surface area contributed by atoms with E-state index < -0.39 is 52.2 Å². The van der Waals surface area contributed by atoms with Gasteiger partial charge in [0.1, 0.15) is 5.82 Å². The van der Waals surface area contributed by atoms with Gasteiger partial charge in [0, 0.05) is 28.7 Å². The van der Waals surface area contributed by atoms with Crippen molar-refractivity contribution >= 4 is 44.8 Å². The summed E-state index contributed by atoms with van der Waals surface area (Å²) in [6.07, 6.45) is -6.84. The van der Waals surface area contributed by atoms with Crippen molar-refractivity contribution in [2.45, 2.75) is 24.4 Å². The van der Waals surface area contributed by atoms with Gasteiger partial charge in [0.2, 0.25) is 10.0 Å². The van der Waals surface area contributed by atoms with Crippen LogP contribution in [0.25, 0.3) is 0 Å². The van der Waals surface area contributed by atoms with Crippen molar-refractivity contribution in [2.75, 3.05) is 30.2 Å². The molecule has 220 valence electrons. The molecular weight excluding hydrogens is 609 g/mol. The Bertz CT molecular complexity index is 1450. The highest BCUT2D eigenvalue weighted by Crippen LogP contribution is 2.37. The molecule has 3 aromatic rings. The summed E-state index contributed by atoms with van der Waals surface area (Å²) >= 11 is 12.1. The first-order chi connectivity index (χ1) is 19.1. The second-order valence-electron chi connectivity index (χ2n) is 9.64. The van der Waals surface area contributed by atoms with Crippen LogP contribution in [0.1, 0.15) is 27.5 Å². The number of hydrogen-bond acceptors (Lipinski definition) is 5. The van der Waals surface area contributed by atoms with Crippen LogP contribution >= 0.6 is 23.2 Å². The molecule has 1 unspecified atom stereocenters. The quantitative estimate of drug-likeness (QED) is 0.323. The molecular formula is C27H25Cl2F4N3O4S. The maximum Gasteiger partial charge on any atom is 0.416 e. The number of sulfonamides is 1. The number of nitrogens with one attached hydrogen (secondary N) is 1. The first kappa shape index (κ1) is 31.0. The number of hydrogen-bond donors (Lipinski definition) is 2. The molecule has 1 heterocycles. The number of aliphatic hydroxyl groups is 1. The molecule has 41 heavy (non-hydrogen) atoms. The van der Waals surface area contributed by atoms with Gasteiger partial charge >= 0.3 is 6.18 Å². The Morgan fingerprint density at radius 1 is 1.02 bits per heavy atom. The number of carbonyl (C=O) groups is 1. The number of likely N-dealkylation sites (tertiary alicyclic amines) is 1. The molecule has 0 aliphatic carbocycles. The third-order valence-corrected chi connectivity index (χ3v) is 8.28. The van der Waals surface area contributed by atoms with E-state index in [1.165, 1.54) is 0 Å².